The lowest BCUT2D eigenvalue weighted by atomic mass is 9.76. The molecule has 1 aliphatic carbocycles. The zero-order valence-corrected chi connectivity index (χ0v) is 19.1. The monoisotopic (exact) mass is 465 g/mol. The Morgan fingerprint density at radius 2 is 2.09 bits per heavy atom. The van der Waals surface area contributed by atoms with Crippen molar-refractivity contribution in [2.75, 3.05) is 26.7 Å². The average molecular weight is 466 g/mol. The smallest absolute Gasteiger partial charge is 0.318 e. The van der Waals surface area contributed by atoms with Gasteiger partial charge in [-0.05, 0) is 43.9 Å². The minimum atomic E-state index is -0.461. The van der Waals surface area contributed by atoms with Crippen molar-refractivity contribution in [2.45, 2.75) is 51.2 Å². The van der Waals surface area contributed by atoms with Crippen LogP contribution in [-0.2, 0) is 11.3 Å². The number of benzene rings is 1. The van der Waals surface area contributed by atoms with Crippen LogP contribution in [-0.4, -0.2) is 66.5 Å². The number of aryl methyl sites for hydroxylation is 1. The van der Waals surface area contributed by atoms with Crippen molar-refractivity contribution in [1.29, 1.82) is 0 Å². The predicted molar refractivity (Wildman–Crippen MR) is 118 cm³/mol. The molecule has 174 valence electrons. The molecule has 4 rings (SSSR count). The van der Waals surface area contributed by atoms with Crippen LogP contribution in [0.15, 0.2) is 12.1 Å². The predicted octanol–water partition coefficient (Wildman–Crippen LogP) is 2.38. The number of hydrogen-bond acceptors (Lipinski definition) is 3. The van der Waals surface area contributed by atoms with Crippen LogP contribution in [0.2, 0.25) is 5.02 Å². The largest absolute Gasteiger partial charge is 0.355 e. The van der Waals surface area contributed by atoms with Gasteiger partial charge < -0.3 is 25.8 Å². The Kier molecular flexibility index (Phi) is 6.20. The molecule has 0 aromatic heterocycles. The van der Waals surface area contributed by atoms with Crippen LogP contribution >= 0.6 is 11.6 Å². The van der Waals surface area contributed by atoms with E-state index < -0.39 is 5.82 Å². The molecule has 0 radical (unpaired) electrons. The molecule has 1 spiro atoms. The Bertz CT molecular complexity index is 940. The molecule has 3 fully saturated rings. The normalized spacial score (nSPS) is 24.9. The summed E-state index contributed by atoms with van der Waals surface area (Å²) in [6.45, 7) is 3.19. The molecular formula is C22H29ClFN5O3. The van der Waals surface area contributed by atoms with E-state index in [1.165, 1.54) is 6.07 Å². The Hall–Kier alpha value is -2.55. The fraction of sp³-hybridized carbons (Fsp3) is 0.591. The molecule has 10 heteroatoms. The first-order valence-corrected chi connectivity index (χ1v) is 11.3. The van der Waals surface area contributed by atoms with Crippen molar-refractivity contribution in [3.05, 3.63) is 34.1 Å². The molecule has 3 aliphatic rings. The summed E-state index contributed by atoms with van der Waals surface area (Å²) >= 11 is 5.97. The summed E-state index contributed by atoms with van der Waals surface area (Å²) in [6, 6.07) is 2.26. The van der Waals surface area contributed by atoms with E-state index in [2.05, 4.69) is 16.0 Å². The van der Waals surface area contributed by atoms with Crippen molar-refractivity contribution >= 4 is 29.6 Å². The summed E-state index contributed by atoms with van der Waals surface area (Å²) in [5.74, 6) is -0.490. The van der Waals surface area contributed by atoms with E-state index in [1.54, 1.807) is 29.8 Å². The van der Waals surface area contributed by atoms with E-state index in [1.807, 2.05) is 0 Å². The highest BCUT2D eigenvalue weighted by Crippen LogP contribution is 2.40. The maximum absolute atomic E-state index is 14.3. The minimum absolute atomic E-state index is 0.0292. The molecule has 1 aromatic carbocycles. The zero-order chi connectivity index (χ0) is 23.0. The van der Waals surface area contributed by atoms with E-state index in [4.69, 9.17) is 11.6 Å². The number of likely N-dealkylation sites (tertiary alicyclic amines) is 1. The van der Waals surface area contributed by atoms with Crippen molar-refractivity contribution < 1.29 is 18.8 Å². The lowest BCUT2D eigenvalue weighted by molar-refractivity contribution is -0.120. The van der Waals surface area contributed by atoms with Gasteiger partial charge in [-0.2, -0.15) is 0 Å². The first-order valence-electron chi connectivity index (χ1n) is 11.0. The van der Waals surface area contributed by atoms with Gasteiger partial charge in [0, 0.05) is 61.7 Å². The van der Waals surface area contributed by atoms with Gasteiger partial charge in [0.2, 0.25) is 5.91 Å². The molecule has 2 aliphatic heterocycles. The van der Waals surface area contributed by atoms with E-state index in [0.717, 1.165) is 18.4 Å². The highest BCUT2D eigenvalue weighted by atomic mass is 35.5. The number of rotatable bonds is 4. The Balaban J connectivity index is 1.52. The highest BCUT2D eigenvalue weighted by Gasteiger charge is 2.50. The molecular weight excluding hydrogens is 437 g/mol. The van der Waals surface area contributed by atoms with Crippen LogP contribution < -0.4 is 16.0 Å². The minimum Gasteiger partial charge on any atom is -0.355 e. The lowest BCUT2D eigenvalue weighted by Gasteiger charge is -2.47. The van der Waals surface area contributed by atoms with Crippen molar-refractivity contribution in [1.82, 2.24) is 25.8 Å². The first kappa shape index (κ1) is 22.6. The molecule has 0 bridgehead atoms. The van der Waals surface area contributed by atoms with Crippen LogP contribution in [0.25, 0.3) is 0 Å². The van der Waals surface area contributed by atoms with Crippen LogP contribution in [0.4, 0.5) is 14.0 Å². The zero-order valence-electron chi connectivity index (χ0n) is 18.3. The van der Waals surface area contributed by atoms with E-state index in [0.29, 0.717) is 43.1 Å². The highest BCUT2D eigenvalue weighted by molar-refractivity contribution is 6.31. The number of nitrogens with zero attached hydrogens (tertiary/aromatic N) is 2. The summed E-state index contributed by atoms with van der Waals surface area (Å²) in [5, 5.41) is 8.74. The van der Waals surface area contributed by atoms with Gasteiger partial charge in [0.25, 0.3) is 0 Å². The second kappa shape index (κ2) is 8.77. The van der Waals surface area contributed by atoms with Gasteiger partial charge in [-0.3, -0.25) is 4.79 Å². The number of hydrogen-bond donors (Lipinski definition) is 3. The third-order valence-corrected chi connectivity index (χ3v) is 7.06. The Morgan fingerprint density at radius 1 is 1.34 bits per heavy atom. The van der Waals surface area contributed by atoms with Crippen LogP contribution in [0.3, 0.4) is 0 Å². The maximum Gasteiger partial charge on any atom is 0.318 e. The SMILES string of the molecule is CNC(=O)N1C[C@H](N(C(=O)NCc2cc(C)c(Cl)cc2F)C2CC2)CC2(CNC(=O)C2)C1. The molecule has 2 saturated heterocycles. The lowest BCUT2D eigenvalue weighted by Crippen LogP contribution is -2.61. The summed E-state index contributed by atoms with van der Waals surface area (Å²) in [5.41, 5.74) is 0.721. The van der Waals surface area contributed by atoms with Crippen LogP contribution in [0.5, 0.6) is 0 Å². The number of nitrogens with one attached hydrogen (secondary N) is 3. The number of carbonyl (C=O) groups is 3. The number of urea groups is 2. The van der Waals surface area contributed by atoms with Gasteiger partial charge in [0.15, 0.2) is 0 Å². The van der Waals surface area contributed by atoms with Gasteiger partial charge in [-0.15, -0.1) is 0 Å². The molecule has 32 heavy (non-hydrogen) atoms. The van der Waals surface area contributed by atoms with Crippen LogP contribution in [0, 0.1) is 18.2 Å². The van der Waals surface area contributed by atoms with Gasteiger partial charge >= 0.3 is 12.1 Å². The van der Waals surface area contributed by atoms with E-state index >= 15 is 0 Å². The summed E-state index contributed by atoms with van der Waals surface area (Å²) in [6.07, 6.45) is 2.76. The van der Waals surface area contributed by atoms with Crippen molar-refractivity contribution in [3.8, 4) is 0 Å². The van der Waals surface area contributed by atoms with E-state index in [9.17, 15) is 18.8 Å². The van der Waals surface area contributed by atoms with Crippen molar-refractivity contribution in [2.24, 2.45) is 5.41 Å². The van der Waals surface area contributed by atoms with E-state index in [-0.39, 0.29) is 42.0 Å². The van der Waals surface area contributed by atoms with Gasteiger partial charge in [-0.1, -0.05) is 11.6 Å². The molecule has 3 N–H and O–H groups in total. The third kappa shape index (κ3) is 4.62. The number of carbonyl (C=O) groups excluding carboxylic acids is 3. The molecule has 1 unspecified atom stereocenters. The summed E-state index contributed by atoms with van der Waals surface area (Å²) in [4.78, 5) is 41.2. The van der Waals surface area contributed by atoms with Crippen LogP contribution in [0.1, 0.15) is 36.8 Å². The van der Waals surface area contributed by atoms with Crippen molar-refractivity contribution in [3.63, 3.8) is 0 Å². The standard InChI is InChI=1S/C22H29ClFN5O3/c1-13-5-14(18(24)6-17(13)23)9-26-21(32)29(15-3-4-15)16-7-22(8-19(30)27-11-22)12-28(10-16)20(31)25-2/h5-6,15-16H,3-4,7-12H2,1-2H3,(H,25,31)(H,26,32)(H,27,30)/t16-,22?/m1/s1. The quantitative estimate of drug-likeness (QED) is 0.637. The Labute approximate surface area is 191 Å². The number of piperidine rings is 1. The number of amides is 5. The maximum atomic E-state index is 14.3. The first-order chi connectivity index (χ1) is 15.2. The molecule has 2 atom stereocenters. The molecule has 5 amide bonds. The molecule has 1 saturated carbocycles. The fourth-order valence-corrected chi connectivity index (χ4v) is 5.11. The topological polar surface area (TPSA) is 93.8 Å². The Morgan fingerprint density at radius 3 is 2.72 bits per heavy atom. The molecule has 1 aromatic rings. The molecule has 2 heterocycles. The third-order valence-electron chi connectivity index (χ3n) is 6.65. The summed E-state index contributed by atoms with van der Waals surface area (Å²) in [7, 11) is 1.57. The van der Waals surface area contributed by atoms with Gasteiger partial charge in [-0.25, -0.2) is 14.0 Å². The second-order valence-electron chi connectivity index (χ2n) is 9.24. The average Bonchev–Trinajstić information content (AvgIpc) is 3.52. The van der Waals surface area contributed by atoms with Gasteiger partial charge in [0.1, 0.15) is 5.82 Å². The number of halogens is 2. The second-order valence-corrected chi connectivity index (χ2v) is 9.64. The molecule has 8 nitrogen and oxygen atoms in total. The van der Waals surface area contributed by atoms with Gasteiger partial charge in [0.05, 0.1) is 6.04 Å². The summed E-state index contributed by atoms with van der Waals surface area (Å²) < 4.78 is 14.3. The fourth-order valence-electron chi connectivity index (χ4n) is 4.96.